The topological polar surface area (TPSA) is 97.6 Å². The van der Waals surface area contributed by atoms with E-state index in [0.29, 0.717) is 23.5 Å². The van der Waals surface area contributed by atoms with Gasteiger partial charge in [-0.05, 0) is 42.8 Å². The minimum absolute atomic E-state index is 0.0341. The minimum Gasteiger partial charge on any atom is -0.482 e. The van der Waals surface area contributed by atoms with Crippen LogP contribution in [0.15, 0.2) is 47.0 Å². The predicted octanol–water partition coefficient (Wildman–Crippen LogP) is 2.55. The summed E-state index contributed by atoms with van der Waals surface area (Å²) in [6.45, 7) is 2.59. The molecule has 2 aromatic carbocycles. The van der Waals surface area contributed by atoms with Gasteiger partial charge >= 0.3 is 11.8 Å². The fraction of sp³-hybridized carbons (Fsp3) is 0.200. The first-order valence-electron chi connectivity index (χ1n) is 8.99. The number of carbonyl (C=O) groups excluding carboxylic acids is 2. The van der Waals surface area contributed by atoms with Crippen LogP contribution in [0.25, 0.3) is 11.4 Å². The van der Waals surface area contributed by atoms with Crippen molar-refractivity contribution in [3.8, 4) is 17.1 Å². The highest BCUT2D eigenvalue weighted by Crippen LogP contribution is 2.35. The molecule has 1 aliphatic heterocycles. The molecular weight excluding hydrogens is 379 g/mol. The summed E-state index contributed by atoms with van der Waals surface area (Å²) in [6.07, 6.45) is 0. The number of nitrogens with one attached hydrogen (secondary N) is 1. The van der Waals surface area contributed by atoms with Crippen molar-refractivity contribution in [1.29, 1.82) is 0 Å². The number of halogens is 1. The highest BCUT2D eigenvalue weighted by atomic mass is 19.1. The third-order valence-electron chi connectivity index (χ3n) is 4.46. The molecule has 1 aromatic heterocycles. The number of likely N-dealkylation sites (N-methyl/N-ethyl adjacent to an activating group) is 1. The van der Waals surface area contributed by atoms with E-state index in [1.165, 1.54) is 12.1 Å². The molecule has 29 heavy (non-hydrogen) atoms. The van der Waals surface area contributed by atoms with Gasteiger partial charge in [-0.25, -0.2) is 4.39 Å². The van der Waals surface area contributed by atoms with Gasteiger partial charge in [-0.3, -0.25) is 9.59 Å². The van der Waals surface area contributed by atoms with Crippen LogP contribution in [0, 0.1) is 5.82 Å². The van der Waals surface area contributed by atoms with E-state index < -0.39 is 5.91 Å². The Hall–Kier alpha value is -3.75. The average Bonchev–Trinajstić information content (AvgIpc) is 3.23. The Balaban J connectivity index is 1.48. The number of benzene rings is 2. The quantitative estimate of drug-likeness (QED) is 0.712. The molecule has 4 rings (SSSR count). The second-order valence-corrected chi connectivity index (χ2v) is 6.34. The zero-order valence-electron chi connectivity index (χ0n) is 15.5. The van der Waals surface area contributed by atoms with Gasteiger partial charge in [0.25, 0.3) is 5.91 Å². The van der Waals surface area contributed by atoms with Gasteiger partial charge in [0.1, 0.15) is 11.6 Å². The van der Waals surface area contributed by atoms with Gasteiger partial charge in [-0.1, -0.05) is 17.3 Å². The van der Waals surface area contributed by atoms with Crippen LogP contribution >= 0.6 is 0 Å². The number of hydrogen-bond acceptors (Lipinski definition) is 6. The van der Waals surface area contributed by atoms with Crippen LogP contribution < -0.4 is 15.0 Å². The van der Waals surface area contributed by atoms with Crippen molar-refractivity contribution in [3.63, 3.8) is 0 Å². The lowest BCUT2D eigenvalue weighted by Crippen LogP contribution is -2.38. The van der Waals surface area contributed by atoms with Gasteiger partial charge in [0, 0.05) is 18.7 Å². The van der Waals surface area contributed by atoms with Crippen LogP contribution in [0.1, 0.15) is 23.2 Å². The summed E-state index contributed by atoms with van der Waals surface area (Å²) in [5.74, 6) is -0.412. The number of nitrogens with zero attached hydrogens (tertiary/aromatic N) is 3. The number of rotatable bonds is 5. The summed E-state index contributed by atoms with van der Waals surface area (Å²) in [7, 11) is 0. The van der Waals surface area contributed by atoms with Crippen molar-refractivity contribution >= 4 is 17.5 Å². The lowest BCUT2D eigenvalue weighted by molar-refractivity contribution is -0.121. The summed E-state index contributed by atoms with van der Waals surface area (Å²) in [6, 6.07) is 11.0. The van der Waals surface area contributed by atoms with Crippen LogP contribution in [0.5, 0.6) is 5.75 Å². The number of ether oxygens (including phenoxy) is 1. The van der Waals surface area contributed by atoms with E-state index in [2.05, 4.69) is 15.5 Å². The highest BCUT2D eigenvalue weighted by molar-refractivity contribution is 5.98. The number of fused-ring (bicyclic) bond motifs is 1. The van der Waals surface area contributed by atoms with Crippen LogP contribution in [-0.4, -0.2) is 35.1 Å². The van der Waals surface area contributed by atoms with E-state index in [1.54, 1.807) is 35.2 Å². The molecule has 0 fully saturated rings. The van der Waals surface area contributed by atoms with Crippen molar-refractivity contribution in [3.05, 3.63) is 59.7 Å². The maximum Gasteiger partial charge on any atom is 0.316 e. The van der Waals surface area contributed by atoms with Crippen molar-refractivity contribution in [2.75, 3.05) is 18.1 Å². The average molecular weight is 396 g/mol. The van der Waals surface area contributed by atoms with Crippen LogP contribution in [0.4, 0.5) is 10.1 Å². The van der Waals surface area contributed by atoms with E-state index in [9.17, 15) is 14.0 Å². The lowest BCUT2D eigenvalue weighted by Gasteiger charge is -2.28. The molecule has 2 amide bonds. The first-order valence-corrected chi connectivity index (χ1v) is 8.99. The van der Waals surface area contributed by atoms with Crippen LogP contribution in [0.2, 0.25) is 0 Å². The standard InChI is InChI=1S/C20H17FN4O4/c1-2-25-15-8-5-13(9-16(15)28-11-17(25)26)18-23-20(29-24-18)19(27)22-10-12-3-6-14(21)7-4-12/h3-9H,2,10-11H2,1H3,(H,22,27). The Labute approximate surface area is 165 Å². The molecule has 8 nitrogen and oxygen atoms in total. The molecule has 1 N–H and O–H groups in total. The predicted molar refractivity (Wildman–Crippen MR) is 101 cm³/mol. The molecule has 0 radical (unpaired) electrons. The van der Waals surface area contributed by atoms with Crippen molar-refractivity contribution in [1.82, 2.24) is 15.5 Å². The minimum atomic E-state index is -0.537. The molecule has 3 aromatic rings. The second kappa shape index (κ2) is 7.70. The first-order chi connectivity index (χ1) is 14.0. The van der Waals surface area contributed by atoms with E-state index in [4.69, 9.17) is 9.26 Å². The SMILES string of the molecule is CCN1C(=O)COc2cc(-c3noc(C(=O)NCc4ccc(F)cc4)n3)ccc21. The third-order valence-corrected chi connectivity index (χ3v) is 4.46. The van der Waals surface area contributed by atoms with Gasteiger partial charge in [0.15, 0.2) is 6.61 Å². The number of amides is 2. The highest BCUT2D eigenvalue weighted by Gasteiger charge is 2.25. The largest absolute Gasteiger partial charge is 0.482 e. The van der Waals surface area contributed by atoms with E-state index in [0.717, 1.165) is 5.56 Å². The molecule has 0 bridgehead atoms. The Morgan fingerprint density at radius 1 is 1.24 bits per heavy atom. The van der Waals surface area contributed by atoms with Crippen molar-refractivity contribution in [2.45, 2.75) is 13.5 Å². The third kappa shape index (κ3) is 3.79. The zero-order chi connectivity index (χ0) is 20.4. The molecule has 0 spiro atoms. The summed E-state index contributed by atoms with van der Waals surface area (Å²) in [5.41, 5.74) is 2.00. The normalized spacial score (nSPS) is 13.0. The fourth-order valence-electron chi connectivity index (χ4n) is 2.98. The molecule has 2 heterocycles. The maximum atomic E-state index is 12.9. The zero-order valence-corrected chi connectivity index (χ0v) is 15.5. The van der Waals surface area contributed by atoms with Crippen LogP contribution in [-0.2, 0) is 11.3 Å². The maximum absolute atomic E-state index is 12.9. The molecule has 0 atom stereocenters. The molecule has 0 saturated heterocycles. The number of hydrogen-bond donors (Lipinski definition) is 1. The second-order valence-electron chi connectivity index (χ2n) is 6.34. The summed E-state index contributed by atoms with van der Waals surface area (Å²) in [4.78, 5) is 29.9. The van der Waals surface area contributed by atoms with Crippen molar-refractivity contribution < 1.29 is 23.2 Å². The smallest absolute Gasteiger partial charge is 0.316 e. The van der Waals surface area contributed by atoms with Gasteiger partial charge in [0.05, 0.1) is 5.69 Å². The fourth-order valence-corrected chi connectivity index (χ4v) is 2.98. The molecule has 0 unspecified atom stereocenters. The number of anilines is 1. The number of aromatic nitrogens is 2. The Bertz CT molecular complexity index is 1060. The Morgan fingerprint density at radius 2 is 2.03 bits per heavy atom. The van der Waals surface area contributed by atoms with Gasteiger partial charge < -0.3 is 19.5 Å². The van der Waals surface area contributed by atoms with Gasteiger partial charge in [-0.2, -0.15) is 4.98 Å². The summed E-state index contributed by atoms with van der Waals surface area (Å²) >= 11 is 0. The Kier molecular flexibility index (Phi) is 4.94. The molecule has 0 aliphatic carbocycles. The monoisotopic (exact) mass is 396 g/mol. The molecule has 148 valence electrons. The Morgan fingerprint density at radius 3 is 2.79 bits per heavy atom. The molecule has 0 saturated carbocycles. The van der Waals surface area contributed by atoms with E-state index in [1.807, 2.05) is 6.92 Å². The molecule has 1 aliphatic rings. The van der Waals surface area contributed by atoms with Crippen LogP contribution in [0.3, 0.4) is 0 Å². The van der Waals surface area contributed by atoms with E-state index >= 15 is 0 Å². The first kappa shape index (κ1) is 18.6. The van der Waals surface area contributed by atoms with Crippen molar-refractivity contribution in [2.24, 2.45) is 0 Å². The van der Waals surface area contributed by atoms with E-state index in [-0.39, 0.29) is 36.6 Å². The summed E-state index contributed by atoms with van der Waals surface area (Å²) in [5, 5.41) is 6.49. The lowest BCUT2D eigenvalue weighted by atomic mass is 10.1. The molecular formula is C20H17FN4O4. The number of carbonyl (C=O) groups is 2. The molecule has 9 heteroatoms. The van der Waals surface area contributed by atoms with Gasteiger partial charge in [0.2, 0.25) is 5.82 Å². The van der Waals surface area contributed by atoms with Gasteiger partial charge in [-0.15, -0.1) is 0 Å². The summed E-state index contributed by atoms with van der Waals surface area (Å²) < 4.78 is 23.5.